The lowest BCUT2D eigenvalue weighted by Crippen LogP contribution is -1.93. The zero-order valence-electron chi connectivity index (χ0n) is 12.0. The van der Waals surface area contributed by atoms with E-state index in [-0.39, 0.29) is 6.61 Å². The van der Waals surface area contributed by atoms with Gasteiger partial charge in [-0.25, -0.2) is 0 Å². The van der Waals surface area contributed by atoms with Gasteiger partial charge in [-0.3, -0.25) is 0 Å². The highest BCUT2D eigenvalue weighted by atomic mass is 16.6. The molecule has 2 aromatic carbocycles. The van der Waals surface area contributed by atoms with Crippen LogP contribution in [0.3, 0.4) is 0 Å². The summed E-state index contributed by atoms with van der Waals surface area (Å²) in [7, 11) is 1.64. The van der Waals surface area contributed by atoms with Crippen molar-refractivity contribution < 1.29 is 9.57 Å². The summed E-state index contributed by atoms with van der Waals surface area (Å²) in [5.74, 6) is 0.844. The molecule has 0 radical (unpaired) electrons. The van der Waals surface area contributed by atoms with Crippen molar-refractivity contribution >= 4 is 6.21 Å². The van der Waals surface area contributed by atoms with Gasteiger partial charge in [-0.15, -0.1) is 0 Å². The number of rotatable bonds is 5. The van der Waals surface area contributed by atoms with Gasteiger partial charge in [0.25, 0.3) is 0 Å². The van der Waals surface area contributed by atoms with Gasteiger partial charge in [0.15, 0.2) is 0 Å². The molecule has 0 heterocycles. The van der Waals surface area contributed by atoms with Crippen LogP contribution >= 0.6 is 0 Å². The van der Waals surface area contributed by atoms with Crippen molar-refractivity contribution in [2.75, 3.05) is 7.11 Å². The van der Waals surface area contributed by atoms with Gasteiger partial charge in [0.1, 0.15) is 12.4 Å². The topological polar surface area (TPSA) is 54.6 Å². The molecular formula is C17H16N2O2. The fraction of sp³-hybridized carbons (Fsp3) is 0.176. The molecule has 0 atom stereocenters. The van der Waals surface area contributed by atoms with Crippen LogP contribution in [0.2, 0.25) is 0 Å². The maximum absolute atomic E-state index is 8.98. The molecule has 0 spiro atoms. The Hall–Kier alpha value is -2.80. The lowest BCUT2D eigenvalue weighted by atomic mass is 10.1. The molecule has 4 heteroatoms. The van der Waals surface area contributed by atoms with Gasteiger partial charge >= 0.3 is 0 Å². The van der Waals surface area contributed by atoms with Crippen LogP contribution in [-0.2, 0) is 11.4 Å². The molecule has 21 heavy (non-hydrogen) atoms. The molecule has 4 nitrogen and oxygen atoms in total. The van der Waals surface area contributed by atoms with E-state index in [1.54, 1.807) is 19.4 Å². The van der Waals surface area contributed by atoms with Crippen molar-refractivity contribution in [3.63, 3.8) is 0 Å². The molecule has 0 aromatic heterocycles. The Kier molecular flexibility index (Phi) is 4.94. The predicted octanol–water partition coefficient (Wildman–Crippen LogP) is 3.43. The van der Waals surface area contributed by atoms with Crippen LogP contribution in [0, 0.1) is 18.3 Å². The molecule has 2 rings (SSSR count). The molecule has 0 saturated carbocycles. The van der Waals surface area contributed by atoms with Crippen molar-refractivity contribution in [1.29, 1.82) is 5.26 Å². The number of benzene rings is 2. The van der Waals surface area contributed by atoms with Crippen LogP contribution in [0.1, 0.15) is 22.3 Å². The second-order valence-electron chi connectivity index (χ2n) is 4.51. The highest BCUT2D eigenvalue weighted by molar-refractivity contribution is 5.79. The number of methoxy groups -OCH3 is 1. The third-order valence-corrected chi connectivity index (χ3v) is 3.05. The van der Waals surface area contributed by atoms with Gasteiger partial charge in [-0.1, -0.05) is 23.4 Å². The molecular weight excluding hydrogens is 264 g/mol. The van der Waals surface area contributed by atoms with Gasteiger partial charge in [0, 0.05) is 5.56 Å². The highest BCUT2D eigenvalue weighted by Gasteiger charge is 2.00. The van der Waals surface area contributed by atoms with Crippen molar-refractivity contribution in [2.45, 2.75) is 13.5 Å². The van der Waals surface area contributed by atoms with Crippen molar-refractivity contribution in [2.24, 2.45) is 5.16 Å². The Morgan fingerprint density at radius 1 is 1.24 bits per heavy atom. The maximum Gasteiger partial charge on any atom is 0.143 e. The molecule has 0 N–H and O–H groups in total. The summed E-state index contributed by atoms with van der Waals surface area (Å²) in [6, 6.07) is 15.2. The van der Waals surface area contributed by atoms with E-state index in [2.05, 4.69) is 11.2 Å². The highest BCUT2D eigenvalue weighted by Crippen LogP contribution is 2.17. The second kappa shape index (κ2) is 7.11. The predicted molar refractivity (Wildman–Crippen MR) is 81.3 cm³/mol. The first kappa shape index (κ1) is 14.6. The van der Waals surface area contributed by atoms with E-state index >= 15 is 0 Å². The minimum Gasteiger partial charge on any atom is -0.496 e. The number of nitrogens with zero attached hydrogens (tertiary/aromatic N) is 2. The van der Waals surface area contributed by atoms with Gasteiger partial charge in [-0.2, -0.15) is 5.26 Å². The Morgan fingerprint density at radius 2 is 2.05 bits per heavy atom. The quantitative estimate of drug-likeness (QED) is 0.623. The minimum atomic E-state index is 0.273. The summed E-state index contributed by atoms with van der Waals surface area (Å²) in [6.45, 7) is 2.25. The third-order valence-electron chi connectivity index (χ3n) is 3.05. The zero-order valence-corrected chi connectivity index (χ0v) is 12.0. The first-order valence-electron chi connectivity index (χ1n) is 6.52. The SMILES string of the molecule is COc1ccc(/C=N\OCc2ccccc2C#N)cc1C. The van der Waals surface area contributed by atoms with Gasteiger partial charge in [0.2, 0.25) is 0 Å². The summed E-state index contributed by atoms with van der Waals surface area (Å²) < 4.78 is 5.20. The van der Waals surface area contributed by atoms with E-state index in [4.69, 9.17) is 14.8 Å². The fourth-order valence-electron chi connectivity index (χ4n) is 1.94. The first-order valence-corrected chi connectivity index (χ1v) is 6.52. The summed E-state index contributed by atoms with van der Waals surface area (Å²) in [6.07, 6.45) is 1.64. The molecule has 106 valence electrons. The van der Waals surface area contributed by atoms with Crippen molar-refractivity contribution in [3.05, 3.63) is 64.7 Å². The molecule has 0 aliphatic rings. The molecule has 0 amide bonds. The Morgan fingerprint density at radius 3 is 2.76 bits per heavy atom. The lowest BCUT2D eigenvalue weighted by Gasteiger charge is -2.04. The van der Waals surface area contributed by atoms with Crippen LogP contribution < -0.4 is 4.74 Å². The molecule has 0 aliphatic heterocycles. The fourth-order valence-corrected chi connectivity index (χ4v) is 1.94. The first-order chi connectivity index (χ1) is 10.2. The van der Waals surface area contributed by atoms with E-state index in [1.807, 2.05) is 43.3 Å². The summed E-state index contributed by atoms with van der Waals surface area (Å²) >= 11 is 0. The Bertz CT molecular complexity index is 687. The van der Waals surface area contributed by atoms with E-state index < -0.39 is 0 Å². The van der Waals surface area contributed by atoms with Gasteiger partial charge < -0.3 is 9.57 Å². The van der Waals surface area contributed by atoms with E-state index in [9.17, 15) is 0 Å². The van der Waals surface area contributed by atoms with E-state index in [0.29, 0.717) is 5.56 Å². The normalized spacial score (nSPS) is 10.3. The zero-order chi connectivity index (χ0) is 15.1. The Labute approximate surface area is 124 Å². The number of ether oxygens (including phenoxy) is 1. The van der Waals surface area contributed by atoms with Crippen molar-refractivity contribution in [3.8, 4) is 11.8 Å². The number of oxime groups is 1. The monoisotopic (exact) mass is 280 g/mol. The molecule has 0 saturated heterocycles. The molecule has 0 bridgehead atoms. The molecule has 2 aromatic rings. The number of hydrogen-bond donors (Lipinski definition) is 0. The van der Waals surface area contributed by atoms with Gasteiger partial charge in [-0.05, 0) is 42.3 Å². The molecule has 0 unspecified atom stereocenters. The smallest absolute Gasteiger partial charge is 0.143 e. The van der Waals surface area contributed by atoms with Crippen LogP contribution in [-0.4, -0.2) is 13.3 Å². The summed E-state index contributed by atoms with van der Waals surface area (Å²) in [5.41, 5.74) is 3.40. The van der Waals surface area contributed by atoms with Crippen LogP contribution in [0.4, 0.5) is 0 Å². The summed E-state index contributed by atoms with van der Waals surface area (Å²) in [5, 5.41) is 12.9. The molecule has 0 aliphatic carbocycles. The standard InChI is InChI=1S/C17H16N2O2/c1-13-9-14(7-8-17(13)20-2)11-19-21-12-16-6-4-3-5-15(16)10-18/h3-9,11H,12H2,1-2H3/b19-11-. The minimum absolute atomic E-state index is 0.273. The van der Waals surface area contributed by atoms with Crippen LogP contribution in [0.5, 0.6) is 5.75 Å². The summed E-state index contributed by atoms with van der Waals surface area (Å²) in [4.78, 5) is 5.25. The Balaban J connectivity index is 1.97. The van der Waals surface area contributed by atoms with E-state index in [1.165, 1.54) is 0 Å². The van der Waals surface area contributed by atoms with Crippen LogP contribution in [0.15, 0.2) is 47.6 Å². The number of aryl methyl sites for hydroxylation is 1. The molecule has 0 fully saturated rings. The van der Waals surface area contributed by atoms with Crippen LogP contribution in [0.25, 0.3) is 0 Å². The number of nitriles is 1. The largest absolute Gasteiger partial charge is 0.496 e. The van der Waals surface area contributed by atoms with Crippen molar-refractivity contribution in [1.82, 2.24) is 0 Å². The maximum atomic E-state index is 8.98. The average Bonchev–Trinajstić information content (AvgIpc) is 2.52. The third kappa shape index (κ3) is 3.83. The number of hydrogen-bond acceptors (Lipinski definition) is 4. The average molecular weight is 280 g/mol. The second-order valence-corrected chi connectivity index (χ2v) is 4.51. The lowest BCUT2D eigenvalue weighted by molar-refractivity contribution is 0.132. The van der Waals surface area contributed by atoms with Gasteiger partial charge in [0.05, 0.1) is 25.0 Å². The van der Waals surface area contributed by atoms with E-state index in [0.717, 1.165) is 22.4 Å².